The fraction of sp³-hybridized carbons (Fsp3) is 0.182. The first-order valence-corrected chi connectivity index (χ1v) is 5.95. The van der Waals surface area contributed by atoms with Crippen LogP contribution in [0.1, 0.15) is 5.56 Å². The van der Waals surface area contributed by atoms with Gasteiger partial charge in [-0.3, -0.25) is 4.57 Å². The number of nitrogens with two attached hydrogens (primary N) is 1. The normalized spacial score (nSPS) is 10.5. The lowest BCUT2D eigenvalue weighted by molar-refractivity contribution is 0.875. The maximum Gasteiger partial charge on any atom is 0.172 e. The van der Waals surface area contributed by atoms with Crippen LogP contribution in [0.25, 0.3) is 5.69 Å². The highest BCUT2D eigenvalue weighted by molar-refractivity contribution is 7.98. The van der Waals surface area contributed by atoms with Crippen LogP contribution in [0.5, 0.6) is 0 Å². The van der Waals surface area contributed by atoms with Gasteiger partial charge < -0.3 is 5.73 Å². The smallest absolute Gasteiger partial charge is 0.172 e. The molecular weight excluding hydrogens is 206 g/mol. The summed E-state index contributed by atoms with van der Waals surface area (Å²) in [6.07, 6.45) is 5.78. The molecule has 2 aromatic rings. The quantitative estimate of drug-likeness (QED) is 0.803. The Balaban J connectivity index is 2.53. The van der Waals surface area contributed by atoms with Gasteiger partial charge in [-0.05, 0) is 17.9 Å². The average Bonchev–Trinajstić information content (AvgIpc) is 2.76. The summed E-state index contributed by atoms with van der Waals surface area (Å²) in [6.45, 7) is 0.544. The van der Waals surface area contributed by atoms with Gasteiger partial charge in [-0.25, -0.2) is 4.98 Å². The molecule has 2 N–H and O–H groups in total. The first kappa shape index (κ1) is 10.3. The van der Waals surface area contributed by atoms with Crippen molar-refractivity contribution in [3.8, 4) is 5.69 Å². The third-order valence-corrected chi connectivity index (χ3v) is 2.93. The average molecular weight is 219 g/mol. The van der Waals surface area contributed by atoms with Crippen LogP contribution in [-0.4, -0.2) is 15.8 Å². The van der Waals surface area contributed by atoms with E-state index in [0.717, 1.165) is 16.4 Å². The first-order valence-electron chi connectivity index (χ1n) is 4.72. The second-order valence-corrected chi connectivity index (χ2v) is 3.89. The standard InChI is InChI=1S/C11H13N3S/c1-15-11-13-6-7-14(11)10-5-3-2-4-9(10)8-12/h2-7H,8,12H2,1H3. The largest absolute Gasteiger partial charge is 0.326 e. The van der Waals surface area contributed by atoms with Crippen LogP contribution in [-0.2, 0) is 6.54 Å². The van der Waals surface area contributed by atoms with Crippen molar-refractivity contribution < 1.29 is 0 Å². The zero-order valence-corrected chi connectivity index (χ0v) is 9.37. The molecule has 4 heteroatoms. The van der Waals surface area contributed by atoms with Crippen LogP contribution in [0.3, 0.4) is 0 Å². The Morgan fingerprint density at radius 3 is 2.93 bits per heavy atom. The van der Waals surface area contributed by atoms with Crippen LogP contribution in [0.15, 0.2) is 41.8 Å². The molecule has 1 aromatic carbocycles. The van der Waals surface area contributed by atoms with Gasteiger partial charge in [0.05, 0.1) is 5.69 Å². The molecule has 0 aliphatic heterocycles. The molecule has 0 saturated carbocycles. The molecule has 15 heavy (non-hydrogen) atoms. The Morgan fingerprint density at radius 1 is 1.40 bits per heavy atom. The summed E-state index contributed by atoms with van der Waals surface area (Å²) >= 11 is 1.63. The number of aromatic nitrogens is 2. The van der Waals surface area contributed by atoms with E-state index in [4.69, 9.17) is 5.73 Å². The predicted octanol–water partition coefficient (Wildman–Crippen LogP) is 2.05. The lowest BCUT2D eigenvalue weighted by Gasteiger charge is -2.10. The maximum atomic E-state index is 5.71. The van der Waals surface area contributed by atoms with Crippen LogP contribution in [0.2, 0.25) is 0 Å². The Bertz CT molecular complexity index is 451. The Hall–Kier alpha value is -1.26. The van der Waals surface area contributed by atoms with Crippen LogP contribution >= 0.6 is 11.8 Å². The Morgan fingerprint density at radius 2 is 2.20 bits per heavy atom. The van der Waals surface area contributed by atoms with Crippen molar-refractivity contribution in [2.45, 2.75) is 11.7 Å². The van der Waals surface area contributed by atoms with Crippen molar-refractivity contribution in [1.29, 1.82) is 0 Å². The summed E-state index contributed by atoms with van der Waals surface area (Å²) in [5.41, 5.74) is 7.95. The summed E-state index contributed by atoms with van der Waals surface area (Å²) in [4.78, 5) is 4.27. The Labute approximate surface area is 93.3 Å². The lowest BCUT2D eigenvalue weighted by atomic mass is 10.2. The molecule has 0 bridgehead atoms. The minimum Gasteiger partial charge on any atom is -0.326 e. The van der Waals surface area contributed by atoms with Gasteiger partial charge in [-0.2, -0.15) is 0 Å². The van der Waals surface area contributed by atoms with E-state index in [9.17, 15) is 0 Å². The number of hydrogen-bond acceptors (Lipinski definition) is 3. The highest BCUT2D eigenvalue weighted by Crippen LogP contribution is 2.20. The van der Waals surface area contributed by atoms with Gasteiger partial charge in [0.1, 0.15) is 0 Å². The van der Waals surface area contributed by atoms with E-state index in [-0.39, 0.29) is 0 Å². The topological polar surface area (TPSA) is 43.8 Å². The summed E-state index contributed by atoms with van der Waals surface area (Å²) in [6, 6.07) is 8.11. The SMILES string of the molecule is CSc1nccn1-c1ccccc1CN. The van der Waals surface area contributed by atoms with E-state index in [1.807, 2.05) is 30.7 Å². The number of para-hydroxylation sites is 1. The van der Waals surface area contributed by atoms with E-state index >= 15 is 0 Å². The highest BCUT2D eigenvalue weighted by atomic mass is 32.2. The molecule has 0 fully saturated rings. The Kier molecular flexibility index (Phi) is 3.08. The molecule has 1 aromatic heterocycles. The minimum absolute atomic E-state index is 0.544. The van der Waals surface area contributed by atoms with E-state index in [2.05, 4.69) is 15.6 Å². The van der Waals surface area contributed by atoms with Crippen molar-refractivity contribution in [3.05, 3.63) is 42.2 Å². The van der Waals surface area contributed by atoms with E-state index in [1.165, 1.54) is 0 Å². The van der Waals surface area contributed by atoms with Crippen molar-refractivity contribution in [1.82, 2.24) is 9.55 Å². The summed E-state index contributed by atoms with van der Waals surface area (Å²) in [5, 5.41) is 0.982. The predicted molar refractivity (Wildman–Crippen MR) is 63.2 cm³/mol. The van der Waals surface area contributed by atoms with Crippen LogP contribution in [0.4, 0.5) is 0 Å². The molecule has 0 aliphatic rings. The van der Waals surface area contributed by atoms with E-state index < -0.39 is 0 Å². The number of thioether (sulfide) groups is 1. The van der Waals surface area contributed by atoms with Gasteiger partial charge in [0.15, 0.2) is 5.16 Å². The van der Waals surface area contributed by atoms with Gasteiger partial charge >= 0.3 is 0 Å². The molecule has 0 aliphatic carbocycles. The molecular formula is C11H13N3S. The van der Waals surface area contributed by atoms with Crippen LogP contribution in [0, 0.1) is 0 Å². The van der Waals surface area contributed by atoms with Gasteiger partial charge in [0, 0.05) is 18.9 Å². The van der Waals surface area contributed by atoms with Crippen molar-refractivity contribution >= 4 is 11.8 Å². The zero-order chi connectivity index (χ0) is 10.7. The van der Waals surface area contributed by atoms with Gasteiger partial charge in [0.2, 0.25) is 0 Å². The zero-order valence-electron chi connectivity index (χ0n) is 8.55. The molecule has 0 spiro atoms. The van der Waals surface area contributed by atoms with E-state index in [0.29, 0.717) is 6.54 Å². The number of hydrogen-bond donors (Lipinski definition) is 1. The summed E-state index contributed by atoms with van der Waals surface area (Å²) < 4.78 is 2.06. The first-order chi connectivity index (χ1) is 7.36. The third-order valence-electron chi connectivity index (χ3n) is 2.26. The molecule has 0 unspecified atom stereocenters. The molecule has 0 radical (unpaired) electrons. The minimum atomic E-state index is 0.544. The third kappa shape index (κ3) is 1.91. The second kappa shape index (κ2) is 4.51. The molecule has 2 rings (SSSR count). The van der Waals surface area contributed by atoms with E-state index in [1.54, 1.807) is 18.0 Å². The van der Waals surface area contributed by atoms with Crippen LogP contribution < -0.4 is 5.73 Å². The molecule has 0 saturated heterocycles. The second-order valence-electron chi connectivity index (χ2n) is 3.12. The summed E-state index contributed by atoms with van der Waals surface area (Å²) in [5.74, 6) is 0. The molecule has 0 amide bonds. The number of rotatable bonds is 3. The van der Waals surface area contributed by atoms with Crippen molar-refractivity contribution in [2.75, 3.05) is 6.26 Å². The van der Waals surface area contributed by atoms with Gasteiger partial charge in [-0.15, -0.1) is 0 Å². The summed E-state index contributed by atoms with van der Waals surface area (Å²) in [7, 11) is 0. The number of nitrogens with zero attached hydrogens (tertiary/aromatic N) is 2. The fourth-order valence-corrected chi connectivity index (χ4v) is 2.06. The molecule has 78 valence electrons. The van der Waals surface area contributed by atoms with Crippen molar-refractivity contribution in [2.24, 2.45) is 5.73 Å². The number of benzene rings is 1. The molecule has 1 heterocycles. The van der Waals surface area contributed by atoms with Gasteiger partial charge in [0.25, 0.3) is 0 Å². The molecule has 3 nitrogen and oxygen atoms in total. The highest BCUT2D eigenvalue weighted by Gasteiger charge is 2.06. The van der Waals surface area contributed by atoms with Crippen molar-refractivity contribution in [3.63, 3.8) is 0 Å². The fourth-order valence-electron chi connectivity index (χ4n) is 1.54. The maximum absolute atomic E-state index is 5.71. The monoisotopic (exact) mass is 219 g/mol. The lowest BCUT2D eigenvalue weighted by Crippen LogP contribution is -2.04. The molecule has 0 atom stereocenters. The van der Waals surface area contributed by atoms with Gasteiger partial charge in [-0.1, -0.05) is 30.0 Å². The number of imidazole rings is 1.